The lowest BCUT2D eigenvalue weighted by atomic mass is 9.85. The third kappa shape index (κ3) is 12.0. The molecule has 0 saturated carbocycles. The maximum atomic E-state index is 14.3. The van der Waals surface area contributed by atoms with Crippen LogP contribution in [0.2, 0.25) is 0 Å². The van der Waals surface area contributed by atoms with Crippen LogP contribution < -0.4 is 21.3 Å². The number of hydrogen-bond donors (Lipinski definition) is 4. The highest BCUT2D eigenvalue weighted by Crippen LogP contribution is 2.50. The second-order valence-corrected chi connectivity index (χ2v) is 17.7. The number of rotatable bonds is 15. The van der Waals surface area contributed by atoms with Crippen molar-refractivity contribution in [3.05, 3.63) is 35.9 Å². The second kappa shape index (κ2) is 18.8. The first-order chi connectivity index (χ1) is 24.0. The molecule has 5 amide bonds. The fraction of sp³-hybridized carbons (Fsp3) is 0.639. The number of thioether (sulfide) groups is 2. The van der Waals surface area contributed by atoms with Gasteiger partial charge in [0, 0.05) is 13.0 Å². The van der Waals surface area contributed by atoms with E-state index in [0.29, 0.717) is 18.4 Å². The Kier molecular flexibility index (Phi) is 15.4. The summed E-state index contributed by atoms with van der Waals surface area (Å²) in [5, 5.41) is 10.4. The number of hydrogen-bond acceptors (Lipinski definition) is 10. The van der Waals surface area contributed by atoms with Crippen LogP contribution >= 0.6 is 23.5 Å². The number of Topliss-reactive ketones (excluding diaryl/α,β-unsaturated/α-hetero) is 2. The van der Waals surface area contributed by atoms with Crippen molar-refractivity contribution in [1.82, 2.24) is 26.2 Å². The number of carbonyl (C=O) groups is 7. The van der Waals surface area contributed by atoms with Crippen LogP contribution in [0.1, 0.15) is 85.8 Å². The number of nitrogens with one attached hydrogen (secondary N) is 4. The lowest BCUT2D eigenvalue weighted by Gasteiger charge is -2.36. The summed E-state index contributed by atoms with van der Waals surface area (Å²) < 4.78 is 4.87. The van der Waals surface area contributed by atoms with E-state index in [1.165, 1.54) is 11.8 Å². The molecule has 3 rings (SSSR count). The van der Waals surface area contributed by atoms with E-state index in [4.69, 9.17) is 4.74 Å². The molecule has 0 aliphatic carbocycles. The molecule has 2 saturated heterocycles. The van der Waals surface area contributed by atoms with Gasteiger partial charge in [-0.3, -0.25) is 28.8 Å². The first-order valence-corrected chi connectivity index (χ1v) is 19.4. The number of amides is 5. The normalized spacial score (nSPS) is 18.7. The van der Waals surface area contributed by atoms with E-state index in [1.807, 2.05) is 34.6 Å². The Morgan fingerprint density at radius 3 is 2.20 bits per heavy atom. The summed E-state index contributed by atoms with van der Waals surface area (Å²) >= 11 is 3.40. The Morgan fingerprint density at radius 2 is 1.63 bits per heavy atom. The molecule has 51 heavy (non-hydrogen) atoms. The Labute approximate surface area is 309 Å². The van der Waals surface area contributed by atoms with Crippen molar-refractivity contribution in [3.8, 4) is 0 Å². The molecule has 2 aliphatic heterocycles. The molecule has 4 atom stereocenters. The van der Waals surface area contributed by atoms with Gasteiger partial charge in [-0.1, -0.05) is 78.3 Å². The monoisotopic (exact) mass is 747 g/mol. The average Bonchev–Trinajstić information content (AvgIpc) is 3.45. The maximum absolute atomic E-state index is 14.3. The molecular formula is C36H53N5O8S2. The smallest absolute Gasteiger partial charge is 0.407 e. The summed E-state index contributed by atoms with van der Waals surface area (Å²) in [7, 11) is 0. The largest absolute Gasteiger partial charge is 0.449 e. The van der Waals surface area contributed by atoms with Gasteiger partial charge in [-0.05, 0) is 48.2 Å². The molecule has 13 nitrogen and oxygen atoms in total. The lowest BCUT2D eigenvalue weighted by Crippen LogP contribution is -2.59. The molecule has 1 spiro atoms. The molecule has 15 heteroatoms. The molecule has 2 heterocycles. The number of benzene rings is 1. The molecule has 2 fully saturated rings. The summed E-state index contributed by atoms with van der Waals surface area (Å²) in [6.07, 6.45) is 1.20. The van der Waals surface area contributed by atoms with Gasteiger partial charge >= 0.3 is 6.09 Å². The van der Waals surface area contributed by atoms with Crippen molar-refractivity contribution < 1.29 is 38.3 Å². The van der Waals surface area contributed by atoms with Gasteiger partial charge < -0.3 is 30.9 Å². The molecule has 0 aromatic heterocycles. The van der Waals surface area contributed by atoms with Crippen molar-refractivity contribution in [2.24, 2.45) is 11.3 Å². The van der Waals surface area contributed by atoms with Gasteiger partial charge in [0.25, 0.3) is 5.91 Å². The van der Waals surface area contributed by atoms with Crippen LogP contribution in [-0.4, -0.2) is 99.6 Å². The Balaban J connectivity index is 1.75. The average molecular weight is 748 g/mol. The van der Waals surface area contributed by atoms with E-state index in [2.05, 4.69) is 21.3 Å². The van der Waals surface area contributed by atoms with E-state index < -0.39 is 75.7 Å². The van der Waals surface area contributed by atoms with Gasteiger partial charge in [0.1, 0.15) is 18.1 Å². The molecule has 0 bridgehead atoms. The highest BCUT2D eigenvalue weighted by molar-refractivity contribution is 8.18. The number of likely N-dealkylation sites (tertiary alicyclic amines) is 1. The van der Waals surface area contributed by atoms with Gasteiger partial charge in [0.05, 0.1) is 23.3 Å². The first-order valence-electron chi connectivity index (χ1n) is 17.5. The first kappa shape index (κ1) is 41.8. The highest BCUT2D eigenvalue weighted by Gasteiger charge is 2.53. The molecule has 0 radical (unpaired) electrons. The summed E-state index contributed by atoms with van der Waals surface area (Å²) in [5.74, 6) is -2.13. The van der Waals surface area contributed by atoms with Crippen LogP contribution in [0, 0.1) is 11.3 Å². The number of alkyl carbamates (subject to hydrolysis) is 1. The minimum Gasteiger partial charge on any atom is -0.449 e. The maximum Gasteiger partial charge on any atom is 0.407 e. The lowest BCUT2D eigenvalue weighted by molar-refractivity contribution is -0.144. The fourth-order valence-corrected chi connectivity index (χ4v) is 9.21. The minimum absolute atomic E-state index is 0.100. The molecule has 1 aromatic carbocycles. The SMILES string of the molecule is CCCC(NC(=O)[C@@H]1CC2(CN1C(=O)[C@@H](NC(=O)OCC(C)C)C(C)(C)C)SCCCS2)C(=O)C(=O)NCC(=O)N[C@H](C(C)=O)c1ccccc1. The molecule has 282 valence electrons. The number of carbonyl (C=O) groups excluding carboxylic acids is 7. The predicted octanol–water partition coefficient (Wildman–Crippen LogP) is 3.37. The zero-order valence-electron chi connectivity index (χ0n) is 30.7. The topological polar surface area (TPSA) is 180 Å². The molecule has 2 aliphatic rings. The molecule has 4 N–H and O–H groups in total. The Morgan fingerprint density at radius 1 is 0.980 bits per heavy atom. The van der Waals surface area contributed by atoms with E-state index in [0.717, 1.165) is 17.9 Å². The van der Waals surface area contributed by atoms with Crippen molar-refractivity contribution in [2.45, 2.75) is 102 Å². The van der Waals surface area contributed by atoms with Gasteiger partial charge in [-0.2, -0.15) is 0 Å². The molecule has 1 unspecified atom stereocenters. The second-order valence-electron chi connectivity index (χ2n) is 14.5. The summed E-state index contributed by atoms with van der Waals surface area (Å²) in [4.78, 5) is 93.8. The molecular weight excluding hydrogens is 695 g/mol. The van der Waals surface area contributed by atoms with Gasteiger partial charge in [-0.25, -0.2) is 4.79 Å². The zero-order chi connectivity index (χ0) is 37.9. The van der Waals surface area contributed by atoms with E-state index in [9.17, 15) is 33.6 Å². The predicted molar refractivity (Wildman–Crippen MR) is 198 cm³/mol. The summed E-state index contributed by atoms with van der Waals surface area (Å²) in [5.41, 5.74) is -0.151. The van der Waals surface area contributed by atoms with Crippen LogP contribution in [0.15, 0.2) is 30.3 Å². The Hall–Kier alpha value is -3.59. The third-order valence-electron chi connectivity index (χ3n) is 8.51. The van der Waals surface area contributed by atoms with Gasteiger partial charge in [-0.15, -0.1) is 23.5 Å². The zero-order valence-corrected chi connectivity index (χ0v) is 32.3. The van der Waals surface area contributed by atoms with Crippen LogP contribution in [0.5, 0.6) is 0 Å². The van der Waals surface area contributed by atoms with Gasteiger partial charge in [0.2, 0.25) is 23.5 Å². The highest BCUT2D eigenvalue weighted by atomic mass is 32.2. The summed E-state index contributed by atoms with van der Waals surface area (Å²) in [6.45, 7) is 12.3. The third-order valence-corrected chi connectivity index (χ3v) is 11.8. The Bertz CT molecular complexity index is 1430. The number of nitrogens with zero attached hydrogens (tertiary/aromatic N) is 1. The number of ether oxygens (including phenoxy) is 1. The van der Waals surface area contributed by atoms with Gasteiger partial charge in [0.15, 0.2) is 5.78 Å². The minimum atomic E-state index is -1.21. The standard InChI is InChI=1S/C36H53N5O8S2/c1-8-13-25(29(44)32(46)37-19-27(43)39-28(23(4)42)24-14-10-9-11-15-24)38-31(45)26-18-36(50-16-12-17-51-36)21-41(26)33(47)30(35(5,6)7)40-34(48)49-20-22(2)3/h9-11,14-15,22,25-26,28,30H,8,12-13,16-21H2,1-7H3,(H,37,46)(H,38,45)(H,39,43)(H,40,48)/t25?,26-,28+,30+/m0/s1. The van der Waals surface area contributed by atoms with E-state index in [-0.39, 0.29) is 31.3 Å². The molecule has 1 aromatic rings. The van der Waals surface area contributed by atoms with Crippen LogP contribution in [0.25, 0.3) is 0 Å². The van der Waals surface area contributed by atoms with E-state index in [1.54, 1.807) is 60.8 Å². The van der Waals surface area contributed by atoms with Crippen molar-refractivity contribution >= 4 is 64.8 Å². The van der Waals surface area contributed by atoms with Crippen LogP contribution in [0.3, 0.4) is 0 Å². The van der Waals surface area contributed by atoms with Crippen LogP contribution in [-0.2, 0) is 33.5 Å². The van der Waals surface area contributed by atoms with E-state index >= 15 is 0 Å². The fourth-order valence-electron chi connectivity index (χ4n) is 5.86. The summed E-state index contributed by atoms with van der Waals surface area (Å²) in [6, 6.07) is 4.55. The van der Waals surface area contributed by atoms with Crippen molar-refractivity contribution in [3.63, 3.8) is 0 Å². The quantitative estimate of drug-likeness (QED) is 0.195. The van der Waals surface area contributed by atoms with Crippen molar-refractivity contribution in [2.75, 3.05) is 31.2 Å². The van der Waals surface area contributed by atoms with Crippen molar-refractivity contribution in [1.29, 1.82) is 0 Å². The van der Waals surface area contributed by atoms with Crippen LogP contribution in [0.4, 0.5) is 4.79 Å². The number of ketones is 2.